The molecule has 0 N–H and O–H groups in total. The normalized spacial score (nSPS) is 11.2. The first-order chi connectivity index (χ1) is 19.6. The molecule has 0 spiro atoms. The van der Waals surface area contributed by atoms with Crippen LogP contribution in [0.15, 0.2) is 54.6 Å². The van der Waals surface area contributed by atoms with Crippen LogP contribution in [0.2, 0.25) is 0 Å². The zero-order valence-corrected chi connectivity index (χ0v) is 24.3. The Bertz CT molecular complexity index is 1260. The Kier molecular flexibility index (Phi) is 12.9. The predicted molar refractivity (Wildman–Crippen MR) is 166 cm³/mol. The number of ether oxygens (including phenoxy) is 4. The lowest BCUT2D eigenvalue weighted by Crippen LogP contribution is -2.01. The maximum absolute atomic E-state index is 11.0. The van der Waals surface area contributed by atoms with Crippen molar-refractivity contribution in [3.05, 3.63) is 82.4 Å². The van der Waals surface area contributed by atoms with Crippen molar-refractivity contribution in [2.45, 2.75) is 53.4 Å². The fraction of sp³-hybridized carbons (Fsp3) is 0.343. The van der Waals surface area contributed by atoms with Crippen molar-refractivity contribution in [1.82, 2.24) is 0 Å². The Morgan fingerprint density at radius 3 is 1.48 bits per heavy atom. The van der Waals surface area contributed by atoms with E-state index in [1.807, 2.05) is 78.9 Å². The van der Waals surface area contributed by atoms with Gasteiger partial charge >= 0.3 is 0 Å². The average molecular weight is 543 g/mol. The first kappa shape index (κ1) is 30.6. The van der Waals surface area contributed by atoms with Gasteiger partial charge in [-0.15, -0.1) is 0 Å². The van der Waals surface area contributed by atoms with E-state index in [2.05, 4.69) is 27.7 Å². The maximum atomic E-state index is 11.0. The van der Waals surface area contributed by atoms with Gasteiger partial charge in [-0.05, 0) is 61.6 Å². The zero-order valence-electron chi connectivity index (χ0n) is 24.3. The van der Waals surface area contributed by atoms with Crippen LogP contribution in [0, 0.1) is 0 Å². The zero-order chi connectivity index (χ0) is 28.6. The van der Waals surface area contributed by atoms with Crippen LogP contribution in [-0.4, -0.2) is 32.7 Å². The summed E-state index contributed by atoms with van der Waals surface area (Å²) in [5.41, 5.74) is 4.45. The van der Waals surface area contributed by atoms with E-state index in [9.17, 15) is 4.79 Å². The second-order valence-corrected chi connectivity index (χ2v) is 9.47. The molecule has 0 amide bonds. The van der Waals surface area contributed by atoms with E-state index in [4.69, 9.17) is 18.9 Å². The van der Waals surface area contributed by atoms with Gasteiger partial charge in [-0.25, -0.2) is 0 Å². The molecule has 3 aromatic rings. The summed E-state index contributed by atoms with van der Waals surface area (Å²) in [6.07, 6.45) is 12.7. The smallest absolute Gasteiger partial charge is 0.150 e. The summed E-state index contributed by atoms with van der Waals surface area (Å²) >= 11 is 0. The first-order valence-corrected chi connectivity index (χ1v) is 14.4. The van der Waals surface area contributed by atoms with Crippen molar-refractivity contribution in [2.24, 2.45) is 0 Å². The number of aldehydes is 1. The van der Waals surface area contributed by atoms with Crippen LogP contribution >= 0.6 is 0 Å². The highest BCUT2D eigenvalue weighted by Crippen LogP contribution is 2.34. The Morgan fingerprint density at radius 1 is 0.500 bits per heavy atom. The van der Waals surface area contributed by atoms with Crippen LogP contribution in [0.25, 0.3) is 24.3 Å². The maximum Gasteiger partial charge on any atom is 0.150 e. The largest absolute Gasteiger partial charge is 0.494 e. The minimum atomic E-state index is 0.609. The molecule has 0 unspecified atom stereocenters. The third kappa shape index (κ3) is 9.33. The highest BCUT2D eigenvalue weighted by atomic mass is 16.5. The molecule has 212 valence electrons. The van der Waals surface area contributed by atoms with Gasteiger partial charge in [0.1, 0.15) is 29.3 Å². The van der Waals surface area contributed by atoms with Gasteiger partial charge in [-0.2, -0.15) is 0 Å². The van der Waals surface area contributed by atoms with Crippen LogP contribution in [0.4, 0.5) is 0 Å². The molecule has 0 bridgehead atoms. The van der Waals surface area contributed by atoms with Gasteiger partial charge in [-0.3, -0.25) is 4.79 Å². The summed E-state index contributed by atoms with van der Waals surface area (Å²) in [5.74, 6) is 3.21. The summed E-state index contributed by atoms with van der Waals surface area (Å²) in [4.78, 5) is 11.0. The fourth-order valence-electron chi connectivity index (χ4n) is 3.89. The molecule has 0 heterocycles. The lowest BCUT2D eigenvalue weighted by Gasteiger charge is -2.15. The molecule has 0 aliphatic rings. The van der Waals surface area contributed by atoms with E-state index >= 15 is 0 Å². The first-order valence-electron chi connectivity index (χ1n) is 14.4. The molecular weight excluding hydrogens is 500 g/mol. The Hall–Kier alpha value is -3.99. The van der Waals surface area contributed by atoms with Crippen molar-refractivity contribution >= 4 is 30.6 Å². The van der Waals surface area contributed by atoms with E-state index in [1.54, 1.807) is 0 Å². The average Bonchev–Trinajstić information content (AvgIpc) is 2.99. The van der Waals surface area contributed by atoms with Gasteiger partial charge in [0.15, 0.2) is 0 Å². The van der Waals surface area contributed by atoms with E-state index < -0.39 is 0 Å². The number of hydrogen-bond donors (Lipinski definition) is 0. The topological polar surface area (TPSA) is 54.0 Å². The number of rotatable bonds is 17. The van der Waals surface area contributed by atoms with Crippen molar-refractivity contribution in [3.8, 4) is 23.0 Å². The van der Waals surface area contributed by atoms with Crippen LogP contribution < -0.4 is 18.9 Å². The quantitative estimate of drug-likeness (QED) is 0.126. The van der Waals surface area contributed by atoms with Crippen molar-refractivity contribution in [1.29, 1.82) is 0 Å². The van der Waals surface area contributed by atoms with Crippen molar-refractivity contribution in [2.75, 3.05) is 26.4 Å². The SMILES string of the molecule is CCCOc1ccc(OCCC)c(/C=C/c2cc(OCCC)c(/C=C/c3ccc(C=O)cc3)cc2OCCC)c1. The number of carbonyl (C=O) groups excluding carboxylic acids is 1. The monoisotopic (exact) mass is 542 g/mol. The third-order valence-electron chi connectivity index (χ3n) is 5.95. The van der Waals surface area contributed by atoms with E-state index in [0.29, 0.717) is 32.0 Å². The Labute approximate surface area is 239 Å². The number of hydrogen-bond acceptors (Lipinski definition) is 5. The van der Waals surface area contributed by atoms with Crippen LogP contribution in [0.5, 0.6) is 23.0 Å². The van der Waals surface area contributed by atoms with Crippen LogP contribution in [-0.2, 0) is 0 Å². The molecule has 3 rings (SSSR count). The molecule has 0 aromatic heterocycles. The molecule has 0 saturated carbocycles. The number of carbonyl (C=O) groups is 1. The second kappa shape index (κ2) is 16.9. The van der Waals surface area contributed by atoms with Crippen LogP contribution in [0.1, 0.15) is 86.0 Å². The van der Waals surface area contributed by atoms with E-state index in [1.165, 1.54) is 0 Å². The molecule has 5 heteroatoms. The highest BCUT2D eigenvalue weighted by molar-refractivity contribution is 5.81. The molecule has 0 aliphatic heterocycles. The van der Waals surface area contributed by atoms with Gasteiger partial charge in [0, 0.05) is 22.3 Å². The summed E-state index contributed by atoms with van der Waals surface area (Å²) in [6.45, 7) is 10.9. The molecular formula is C35H42O5. The lowest BCUT2D eigenvalue weighted by atomic mass is 10.0. The molecule has 0 fully saturated rings. The Balaban J connectivity index is 2.01. The summed E-state index contributed by atoms with van der Waals surface area (Å²) in [5, 5.41) is 0. The lowest BCUT2D eigenvalue weighted by molar-refractivity contribution is 0.112. The molecule has 3 aromatic carbocycles. The fourth-order valence-corrected chi connectivity index (χ4v) is 3.89. The minimum Gasteiger partial charge on any atom is -0.494 e. The van der Waals surface area contributed by atoms with E-state index in [0.717, 1.165) is 77.2 Å². The summed E-state index contributed by atoms with van der Waals surface area (Å²) in [7, 11) is 0. The van der Waals surface area contributed by atoms with Gasteiger partial charge in [-0.1, -0.05) is 76.3 Å². The molecule has 0 aliphatic carbocycles. The second-order valence-electron chi connectivity index (χ2n) is 9.47. The molecule has 0 saturated heterocycles. The van der Waals surface area contributed by atoms with Gasteiger partial charge in [0.2, 0.25) is 0 Å². The standard InChI is InChI=1S/C35H42O5/c1-5-19-37-32-17-18-33(38-20-6-2)29(23-32)15-16-31-25-34(39-21-7-3)30(24-35(31)40-22-8-4)14-13-27-9-11-28(26-36)12-10-27/h9-18,23-26H,5-8,19-22H2,1-4H3/b14-13+,16-15+. The van der Waals surface area contributed by atoms with Gasteiger partial charge < -0.3 is 18.9 Å². The molecule has 5 nitrogen and oxygen atoms in total. The van der Waals surface area contributed by atoms with Gasteiger partial charge in [0.05, 0.1) is 26.4 Å². The van der Waals surface area contributed by atoms with Crippen molar-refractivity contribution < 1.29 is 23.7 Å². The van der Waals surface area contributed by atoms with Crippen LogP contribution in [0.3, 0.4) is 0 Å². The molecule has 0 atom stereocenters. The summed E-state index contributed by atoms with van der Waals surface area (Å²) in [6, 6.07) is 17.5. The highest BCUT2D eigenvalue weighted by Gasteiger charge is 2.11. The minimum absolute atomic E-state index is 0.609. The Morgan fingerprint density at radius 2 is 0.950 bits per heavy atom. The summed E-state index contributed by atoms with van der Waals surface area (Å²) < 4.78 is 24.3. The van der Waals surface area contributed by atoms with E-state index in [-0.39, 0.29) is 0 Å². The number of benzene rings is 3. The van der Waals surface area contributed by atoms with Crippen molar-refractivity contribution in [3.63, 3.8) is 0 Å². The predicted octanol–water partition coefficient (Wildman–Crippen LogP) is 9.00. The molecule has 0 radical (unpaired) electrons. The molecule has 40 heavy (non-hydrogen) atoms. The van der Waals surface area contributed by atoms with Gasteiger partial charge in [0.25, 0.3) is 0 Å². The third-order valence-corrected chi connectivity index (χ3v) is 5.95.